The maximum absolute atomic E-state index is 13.2. The quantitative estimate of drug-likeness (QED) is 0.717. The van der Waals surface area contributed by atoms with Crippen molar-refractivity contribution >= 4 is 17.5 Å². The average Bonchev–Trinajstić information content (AvgIpc) is 2.92. The number of aliphatic hydroxyl groups excluding tert-OH is 1. The van der Waals surface area contributed by atoms with E-state index in [0.29, 0.717) is 48.2 Å². The van der Waals surface area contributed by atoms with Crippen LogP contribution in [-0.2, 0) is 4.79 Å². The Balaban J connectivity index is 1.65. The van der Waals surface area contributed by atoms with Gasteiger partial charge in [-0.1, -0.05) is 17.7 Å². The van der Waals surface area contributed by atoms with E-state index in [1.54, 1.807) is 44.1 Å². The van der Waals surface area contributed by atoms with Crippen LogP contribution in [0.25, 0.3) is 0 Å². The van der Waals surface area contributed by atoms with Gasteiger partial charge in [0.25, 0.3) is 5.91 Å². The molecule has 7 heteroatoms. The van der Waals surface area contributed by atoms with E-state index in [4.69, 9.17) is 25.8 Å². The van der Waals surface area contributed by atoms with Crippen LogP contribution in [0.4, 0.5) is 0 Å². The van der Waals surface area contributed by atoms with Gasteiger partial charge in [0.05, 0.1) is 13.2 Å². The molecule has 0 spiro atoms. The van der Waals surface area contributed by atoms with Gasteiger partial charge in [-0.05, 0) is 63.1 Å². The van der Waals surface area contributed by atoms with E-state index in [2.05, 4.69) is 0 Å². The second-order valence-corrected chi connectivity index (χ2v) is 8.70. The molecule has 168 valence electrons. The summed E-state index contributed by atoms with van der Waals surface area (Å²) in [6.45, 7) is 6.31. The van der Waals surface area contributed by atoms with Crippen LogP contribution in [0.15, 0.2) is 42.5 Å². The van der Waals surface area contributed by atoms with E-state index >= 15 is 0 Å². The first-order chi connectivity index (χ1) is 14.7. The zero-order valence-corrected chi connectivity index (χ0v) is 19.2. The molecule has 1 amide bonds. The van der Waals surface area contributed by atoms with Crippen molar-refractivity contribution < 1.29 is 24.1 Å². The molecular formula is C24H30ClNO5. The number of hydrogen-bond donors (Lipinski definition) is 1. The van der Waals surface area contributed by atoms with Gasteiger partial charge in [0.1, 0.15) is 23.4 Å². The smallest absolute Gasteiger partial charge is 0.266 e. The summed E-state index contributed by atoms with van der Waals surface area (Å²) in [5.41, 5.74) is -0.170. The number of methoxy groups -OCH3 is 1. The molecule has 6 nitrogen and oxygen atoms in total. The molecule has 1 saturated heterocycles. The highest BCUT2D eigenvalue weighted by Crippen LogP contribution is 2.27. The summed E-state index contributed by atoms with van der Waals surface area (Å²) in [5.74, 6) is 1.78. The fourth-order valence-electron chi connectivity index (χ4n) is 3.65. The van der Waals surface area contributed by atoms with Crippen LogP contribution in [0.5, 0.6) is 17.2 Å². The Labute approximate surface area is 188 Å². The molecule has 3 rings (SSSR count). The molecule has 0 unspecified atom stereocenters. The second kappa shape index (κ2) is 9.79. The third kappa shape index (κ3) is 5.83. The van der Waals surface area contributed by atoms with Crippen LogP contribution >= 0.6 is 11.6 Å². The molecule has 31 heavy (non-hydrogen) atoms. The molecule has 1 aliphatic heterocycles. The number of benzene rings is 2. The SMILES string of the molecule is COc1cccc(O[C@H]2CCN(C(=O)C(C)(C)Oc3ccc(Cl)c(C)c3)CC[C@@H]2O)c1. The first kappa shape index (κ1) is 23.2. The fourth-order valence-corrected chi connectivity index (χ4v) is 3.77. The molecule has 0 aliphatic carbocycles. The minimum absolute atomic E-state index is 0.130. The van der Waals surface area contributed by atoms with Gasteiger partial charge < -0.3 is 24.2 Å². The zero-order valence-electron chi connectivity index (χ0n) is 18.4. The number of hydrogen-bond acceptors (Lipinski definition) is 5. The highest BCUT2D eigenvalue weighted by molar-refractivity contribution is 6.31. The van der Waals surface area contributed by atoms with Crippen molar-refractivity contribution in [3.8, 4) is 17.2 Å². The largest absolute Gasteiger partial charge is 0.497 e. The average molecular weight is 448 g/mol. The zero-order chi connectivity index (χ0) is 22.6. The number of aliphatic hydroxyl groups is 1. The molecule has 0 saturated carbocycles. The predicted octanol–water partition coefficient (Wildman–Crippen LogP) is 4.25. The van der Waals surface area contributed by atoms with Gasteiger partial charge in [-0.15, -0.1) is 0 Å². The minimum Gasteiger partial charge on any atom is -0.497 e. The first-order valence-corrected chi connectivity index (χ1v) is 10.8. The number of carbonyl (C=O) groups is 1. The van der Waals surface area contributed by atoms with Crippen LogP contribution in [0, 0.1) is 6.92 Å². The Kier molecular flexibility index (Phi) is 7.34. The Morgan fingerprint density at radius 1 is 1.10 bits per heavy atom. The number of carbonyl (C=O) groups excluding carboxylic acids is 1. The normalized spacial score (nSPS) is 19.5. The third-order valence-electron chi connectivity index (χ3n) is 5.44. The maximum atomic E-state index is 13.2. The molecule has 0 aromatic heterocycles. The molecule has 2 atom stereocenters. The van der Waals surface area contributed by atoms with E-state index in [1.165, 1.54) is 0 Å². The number of aryl methyl sites for hydroxylation is 1. The summed E-state index contributed by atoms with van der Waals surface area (Å²) in [7, 11) is 1.60. The van der Waals surface area contributed by atoms with Crippen molar-refractivity contribution in [2.45, 2.75) is 51.4 Å². The number of rotatable bonds is 6. The van der Waals surface area contributed by atoms with Crippen LogP contribution in [-0.4, -0.2) is 53.9 Å². The summed E-state index contributed by atoms with van der Waals surface area (Å²) in [6.07, 6.45) is -0.142. The van der Waals surface area contributed by atoms with E-state index in [1.807, 2.05) is 31.2 Å². The molecule has 1 heterocycles. The van der Waals surface area contributed by atoms with E-state index in [0.717, 1.165) is 5.56 Å². The number of nitrogens with zero attached hydrogens (tertiary/aromatic N) is 1. The van der Waals surface area contributed by atoms with Crippen molar-refractivity contribution in [1.29, 1.82) is 0 Å². The van der Waals surface area contributed by atoms with Gasteiger partial charge >= 0.3 is 0 Å². The Morgan fingerprint density at radius 2 is 1.81 bits per heavy atom. The van der Waals surface area contributed by atoms with Crippen molar-refractivity contribution in [2.75, 3.05) is 20.2 Å². The van der Waals surface area contributed by atoms with Crippen LogP contribution in [0.1, 0.15) is 32.3 Å². The molecule has 0 radical (unpaired) electrons. The van der Waals surface area contributed by atoms with E-state index in [9.17, 15) is 9.90 Å². The standard InChI is InChI=1S/C24H30ClNO5/c1-16-14-19(8-9-20(16)25)31-24(2,3)23(28)26-12-10-21(27)22(11-13-26)30-18-7-5-6-17(15-18)29-4/h5-9,14-15,21-22,27H,10-13H2,1-4H3/t21-,22-/m0/s1. The molecule has 0 bridgehead atoms. The van der Waals surface area contributed by atoms with Crippen LogP contribution in [0.2, 0.25) is 5.02 Å². The molecule has 1 N–H and O–H groups in total. The van der Waals surface area contributed by atoms with Crippen molar-refractivity contribution in [2.24, 2.45) is 0 Å². The topological polar surface area (TPSA) is 68.2 Å². The lowest BCUT2D eigenvalue weighted by Gasteiger charge is -2.32. The Bertz CT molecular complexity index is 917. The summed E-state index contributed by atoms with van der Waals surface area (Å²) >= 11 is 6.08. The number of likely N-dealkylation sites (tertiary alicyclic amines) is 1. The van der Waals surface area contributed by atoms with Gasteiger partial charge in [-0.2, -0.15) is 0 Å². The molecule has 2 aromatic carbocycles. The second-order valence-electron chi connectivity index (χ2n) is 8.30. The Morgan fingerprint density at radius 3 is 2.52 bits per heavy atom. The number of halogens is 1. The third-order valence-corrected chi connectivity index (χ3v) is 5.86. The lowest BCUT2D eigenvalue weighted by Crippen LogP contribution is -2.49. The van der Waals surface area contributed by atoms with Gasteiger partial charge in [-0.3, -0.25) is 4.79 Å². The minimum atomic E-state index is -1.06. The van der Waals surface area contributed by atoms with Gasteiger partial charge in [0.15, 0.2) is 5.60 Å². The van der Waals surface area contributed by atoms with E-state index in [-0.39, 0.29) is 5.91 Å². The van der Waals surface area contributed by atoms with Crippen molar-refractivity contribution in [3.63, 3.8) is 0 Å². The van der Waals surface area contributed by atoms with E-state index < -0.39 is 17.8 Å². The van der Waals surface area contributed by atoms with Gasteiger partial charge in [0.2, 0.25) is 0 Å². The highest BCUT2D eigenvalue weighted by atomic mass is 35.5. The van der Waals surface area contributed by atoms with Crippen molar-refractivity contribution in [3.05, 3.63) is 53.1 Å². The first-order valence-electron chi connectivity index (χ1n) is 10.4. The van der Waals surface area contributed by atoms with Gasteiger partial charge in [0, 0.05) is 30.6 Å². The van der Waals surface area contributed by atoms with Gasteiger partial charge in [-0.25, -0.2) is 0 Å². The maximum Gasteiger partial charge on any atom is 0.266 e. The summed E-state index contributed by atoms with van der Waals surface area (Å²) in [6, 6.07) is 12.6. The lowest BCUT2D eigenvalue weighted by molar-refractivity contribution is -0.145. The van der Waals surface area contributed by atoms with Crippen molar-refractivity contribution in [1.82, 2.24) is 4.90 Å². The number of ether oxygens (including phenoxy) is 3. The summed E-state index contributed by atoms with van der Waals surface area (Å²) < 4.78 is 17.3. The highest BCUT2D eigenvalue weighted by Gasteiger charge is 2.37. The molecule has 1 fully saturated rings. The van der Waals surface area contributed by atoms with Crippen LogP contribution in [0.3, 0.4) is 0 Å². The Hall–Kier alpha value is -2.44. The van der Waals surface area contributed by atoms with Crippen LogP contribution < -0.4 is 14.2 Å². The fraction of sp³-hybridized carbons (Fsp3) is 0.458. The lowest BCUT2D eigenvalue weighted by atomic mass is 10.1. The summed E-state index contributed by atoms with van der Waals surface area (Å²) in [5, 5.41) is 11.2. The monoisotopic (exact) mass is 447 g/mol. The predicted molar refractivity (Wildman–Crippen MR) is 120 cm³/mol. The molecule has 1 aliphatic rings. The summed E-state index contributed by atoms with van der Waals surface area (Å²) in [4.78, 5) is 15.0. The number of amides is 1. The molecular weight excluding hydrogens is 418 g/mol. The molecule has 2 aromatic rings.